The van der Waals surface area contributed by atoms with Gasteiger partial charge in [-0.25, -0.2) is 4.39 Å². The van der Waals surface area contributed by atoms with Crippen molar-refractivity contribution in [1.29, 1.82) is 0 Å². The molecule has 0 saturated carbocycles. The Morgan fingerprint density at radius 1 is 1.53 bits per heavy atom. The van der Waals surface area contributed by atoms with Crippen molar-refractivity contribution in [1.82, 2.24) is 0 Å². The van der Waals surface area contributed by atoms with E-state index in [1.165, 1.54) is 17.8 Å². The Labute approximate surface area is 92.3 Å². The summed E-state index contributed by atoms with van der Waals surface area (Å²) < 4.78 is 13.3. The second-order valence-electron chi connectivity index (χ2n) is 3.60. The van der Waals surface area contributed by atoms with Crippen LogP contribution >= 0.6 is 11.8 Å². The van der Waals surface area contributed by atoms with Crippen LogP contribution in [0.5, 0.6) is 0 Å². The highest BCUT2D eigenvalue weighted by molar-refractivity contribution is 8.01. The molecule has 0 radical (unpaired) electrons. The number of rotatable bonds is 1. The summed E-state index contributed by atoms with van der Waals surface area (Å²) in [7, 11) is 0. The van der Waals surface area contributed by atoms with Gasteiger partial charge in [-0.15, -0.1) is 11.8 Å². The maximum Gasteiger partial charge on any atom is 0.237 e. The van der Waals surface area contributed by atoms with Crippen LogP contribution in [0.3, 0.4) is 0 Å². The normalized spacial score (nSPS) is 19.7. The van der Waals surface area contributed by atoms with Crippen molar-refractivity contribution in [3.8, 4) is 0 Å². The highest BCUT2D eigenvalue weighted by atomic mass is 32.2. The van der Waals surface area contributed by atoms with Gasteiger partial charge in [0.25, 0.3) is 0 Å². The van der Waals surface area contributed by atoms with Gasteiger partial charge in [0, 0.05) is 4.90 Å². The predicted octanol–water partition coefficient (Wildman–Crippen LogP) is 2.96. The third-order valence-electron chi connectivity index (χ3n) is 2.45. The first-order valence-corrected chi connectivity index (χ1v) is 5.77. The Hall–Kier alpha value is -1.03. The quantitative estimate of drug-likeness (QED) is 0.796. The SMILES string of the molecule is CCC1Sc2cc(C)c(F)cc2NC1=O. The number of nitrogens with one attached hydrogen (secondary N) is 1. The lowest BCUT2D eigenvalue weighted by Crippen LogP contribution is -2.28. The zero-order valence-electron chi connectivity index (χ0n) is 8.63. The van der Waals surface area contributed by atoms with Gasteiger partial charge in [-0.1, -0.05) is 6.92 Å². The molecule has 0 bridgehead atoms. The van der Waals surface area contributed by atoms with Crippen LogP contribution < -0.4 is 5.32 Å². The van der Waals surface area contributed by atoms with Crippen LogP contribution in [-0.2, 0) is 4.79 Å². The number of anilines is 1. The van der Waals surface area contributed by atoms with Gasteiger partial charge in [0.05, 0.1) is 10.9 Å². The van der Waals surface area contributed by atoms with Crippen LogP contribution in [0.15, 0.2) is 17.0 Å². The molecule has 4 heteroatoms. The topological polar surface area (TPSA) is 29.1 Å². The molecule has 1 unspecified atom stereocenters. The Bertz CT molecular complexity index is 419. The first-order chi connectivity index (χ1) is 7.11. The number of thioether (sulfide) groups is 1. The number of amides is 1. The molecule has 1 aliphatic heterocycles. The first kappa shape index (κ1) is 10.5. The molecule has 0 saturated heterocycles. The Morgan fingerprint density at radius 3 is 2.93 bits per heavy atom. The van der Waals surface area contributed by atoms with Gasteiger partial charge >= 0.3 is 0 Å². The van der Waals surface area contributed by atoms with Crippen molar-refractivity contribution in [2.75, 3.05) is 5.32 Å². The summed E-state index contributed by atoms with van der Waals surface area (Å²) in [5.41, 5.74) is 1.21. The lowest BCUT2D eigenvalue weighted by atomic mass is 10.2. The van der Waals surface area contributed by atoms with E-state index in [1.54, 1.807) is 13.0 Å². The van der Waals surface area contributed by atoms with Gasteiger partial charge in [-0.2, -0.15) is 0 Å². The minimum absolute atomic E-state index is 0.0294. The third kappa shape index (κ3) is 1.86. The lowest BCUT2D eigenvalue weighted by molar-refractivity contribution is -0.115. The molecule has 15 heavy (non-hydrogen) atoms. The van der Waals surface area contributed by atoms with E-state index < -0.39 is 0 Å². The minimum atomic E-state index is -0.274. The molecule has 1 aromatic rings. The number of fused-ring (bicyclic) bond motifs is 1. The number of carbonyl (C=O) groups excluding carboxylic acids is 1. The van der Waals surface area contributed by atoms with Gasteiger partial charge in [0.1, 0.15) is 5.82 Å². The third-order valence-corrected chi connectivity index (χ3v) is 3.87. The molecular weight excluding hydrogens is 213 g/mol. The molecule has 1 aromatic carbocycles. The molecule has 0 spiro atoms. The molecule has 0 aromatic heterocycles. The van der Waals surface area contributed by atoms with Crippen LogP contribution in [0.25, 0.3) is 0 Å². The fourth-order valence-electron chi connectivity index (χ4n) is 1.54. The molecule has 80 valence electrons. The molecule has 1 atom stereocenters. The average Bonchev–Trinajstić information content (AvgIpc) is 2.20. The Balaban J connectivity index is 2.41. The van der Waals surface area contributed by atoms with E-state index in [-0.39, 0.29) is 17.0 Å². The van der Waals surface area contributed by atoms with Gasteiger partial charge in [0.2, 0.25) is 5.91 Å². The maximum absolute atomic E-state index is 13.3. The number of benzene rings is 1. The van der Waals surface area contributed by atoms with Crippen LogP contribution in [-0.4, -0.2) is 11.2 Å². The summed E-state index contributed by atoms with van der Waals surface area (Å²) >= 11 is 1.51. The molecule has 2 nitrogen and oxygen atoms in total. The van der Waals surface area contributed by atoms with Gasteiger partial charge in [0.15, 0.2) is 0 Å². The van der Waals surface area contributed by atoms with Crippen molar-refractivity contribution in [2.45, 2.75) is 30.4 Å². The molecule has 0 aliphatic carbocycles. The van der Waals surface area contributed by atoms with Crippen LogP contribution in [0, 0.1) is 12.7 Å². The van der Waals surface area contributed by atoms with E-state index in [4.69, 9.17) is 0 Å². The molecule has 1 aliphatic rings. The van der Waals surface area contributed by atoms with Crippen molar-refractivity contribution in [2.24, 2.45) is 0 Å². The fraction of sp³-hybridized carbons (Fsp3) is 0.364. The van der Waals surface area contributed by atoms with Crippen molar-refractivity contribution < 1.29 is 9.18 Å². The number of hydrogen-bond acceptors (Lipinski definition) is 2. The largest absolute Gasteiger partial charge is 0.324 e. The van der Waals surface area contributed by atoms with E-state index in [2.05, 4.69) is 5.32 Å². The number of carbonyl (C=O) groups is 1. The standard InChI is InChI=1S/C11H12FNOS/c1-3-9-11(14)13-8-5-7(12)6(2)4-10(8)15-9/h4-5,9H,3H2,1-2H3,(H,13,14). The summed E-state index contributed by atoms with van der Waals surface area (Å²) in [6, 6.07) is 3.18. The smallest absolute Gasteiger partial charge is 0.237 e. The average molecular weight is 225 g/mol. The highest BCUT2D eigenvalue weighted by Crippen LogP contribution is 2.38. The minimum Gasteiger partial charge on any atom is -0.324 e. The van der Waals surface area contributed by atoms with Crippen molar-refractivity contribution >= 4 is 23.4 Å². The Morgan fingerprint density at radius 2 is 2.27 bits per heavy atom. The molecule has 0 fully saturated rings. The predicted molar refractivity (Wildman–Crippen MR) is 59.7 cm³/mol. The highest BCUT2D eigenvalue weighted by Gasteiger charge is 2.25. The monoisotopic (exact) mass is 225 g/mol. The van der Waals surface area contributed by atoms with Crippen molar-refractivity contribution in [3.63, 3.8) is 0 Å². The van der Waals surface area contributed by atoms with E-state index in [0.717, 1.165) is 11.3 Å². The zero-order chi connectivity index (χ0) is 11.0. The van der Waals surface area contributed by atoms with Gasteiger partial charge in [-0.3, -0.25) is 4.79 Å². The second-order valence-corrected chi connectivity index (χ2v) is 4.85. The number of hydrogen-bond donors (Lipinski definition) is 1. The zero-order valence-corrected chi connectivity index (χ0v) is 9.45. The maximum atomic E-state index is 13.3. The van der Waals surface area contributed by atoms with Crippen LogP contribution in [0.1, 0.15) is 18.9 Å². The summed E-state index contributed by atoms with van der Waals surface area (Å²) in [5, 5.41) is 2.68. The van der Waals surface area contributed by atoms with E-state index in [0.29, 0.717) is 11.3 Å². The van der Waals surface area contributed by atoms with E-state index >= 15 is 0 Å². The van der Waals surface area contributed by atoms with Gasteiger partial charge < -0.3 is 5.32 Å². The molecular formula is C11H12FNOS. The second kappa shape index (κ2) is 3.85. The molecule has 1 amide bonds. The summed E-state index contributed by atoms with van der Waals surface area (Å²) in [4.78, 5) is 12.5. The lowest BCUT2D eigenvalue weighted by Gasteiger charge is -2.23. The first-order valence-electron chi connectivity index (χ1n) is 4.89. The van der Waals surface area contributed by atoms with Crippen LogP contribution in [0.4, 0.5) is 10.1 Å². The van der Waals surface area contributed by atoms with Gasteiger partial charge in [-0.05, 0) is 31.0 Å². The van der Waals surface area contributed by atoms with Crippen LogP contribution in [0.2, 0.25) is 0 Å². The fourth-order valence-corrected chi connectivity index (χ4v) is 2.66. The summed E-state index contributed by atoms with van der Waals surface area (Å²) in [6.07, 6.45) is 0.784. The van der Waals surface area contributed by atoms with E-state index in [1.807, 2.05) is 6.92 Å². The summed E-state index contributed by atoms with van der Waals surface area (Å²) in [5.74, 6) is -0.303. The van der Waals surface area contributed by atoms with E-state index in [9.17, 15) is 9.18 Å². The number of aryl methyl sites for hydroxylation is 1. The van der Waals surface area contributed by atoms with Crippen molar-refractivity contribution in [3.05, 3.63) is 23.5 Å². The Kier molecular flexibility index (Phi) is 2.69. The molecule has 1 heterocycles. The molecule has 1 N–H and O–H groups in total. The number of halogens is 1. The molecule has 2 rings (SSSR count). The summed E-state index contributed by atoms with van der Waals surface area (Å²) in [6.45, 7) is 3.70.